The molecule has 0 saturated carbocycles. The minimum atomic E-state index is -0.481. The lowest BCUT2D eigenvalue weighted by atomic mass is 9.92. The van der Waals surface area contributed by atoms with E-state index in [1.165, 1.54) is 0 Å². The summed E-state index contributed by atoms with van der Waals surface area (Å²) in [5.41, 5.74) is 7.36. The molecular weight excluding hydrogens is 272 g/mol. The number of ether oxygens (including phenoxy) is 1. The third-order valence-corrected chi connectivity index (χ3v) is 3.91. The van der Waals surface area contributed by atoms with Gasteiger partial charge in [-0.05, 0) is 31.2 Å². The largest absolute Gasteiger partial charge is 0.466 e. The molecule has 0 amide bonds. The number of rotatable bonds is 5. The second-order valence-electron chi connectivity index (χ2n) is 5.58. The van der Waals surface area contributed by atoms with E-state index in [1.807, 2.05) is 54.6 Å². The summed E-state index contributed by atoms with van der Waals surface area (Å²) < 4.78 is 6.25. The molecule has 0 radical (unpaired) electrons. The molecule has 22 heavy (non-hydrogen) atoms. The molecule has 0 aliphatic carbocycles. The predicted molar refractivity (Wildman–Crippen MR) is 89.8 cm³/mol. The van der Waals surface area contributed by atoms with Gasteiger partial charge in [-0.1, -0.05) is 48.5 Å². The Morgan fingerprint density at radius 2 is 1.68 bits per heavy atom. The molecule has 2 N–H and O–H groups in total. The van der Waals surface area contributed by atoms with Crippen molar-refractivity contribution in [1.82, 2.24) is 4.98 Å². The van der Waals surface area contributed by atoms with Crippen LogP contribution in [0.1, 0.15) is 18.9 Å². The van der Waals surface area contributed by atoms with Crippen LogP contribution < -0.4 is 10.5 Å². The van der Waals surface area contributed by atoms with Crippen LogP contribution >= 0.6 is 0 Å². The van der Waals surface area contributed by atoms with Crippen molar-refractivity contribution in [1.29, 1.82) is 0 Å². The Morgan fingerprint density at radius 3 is 2.45 bits per heavy atom. The molecule has 1 heterocycles. The zero-order valence-electron chi connectivity index (χ0n) is 12.7. The molecule has 3 nitrogen and oxygen atoms in total. The zero-order chi connectivity index (χ0) is 15.4. The van der Waals surface area contributed by atoms with Gasteiger partial charge in [0.2, 0.25) is 5.88 Å². The maximum absolute atomic E-state index is 6.25. The van der Waals surface area contributed by atoms with Gasteiger partial charge in [0.05, 0.1) is 5.52 Å². The van der Waals surface area contributed by atoms with Gasteiger partial charge in [0.25, 0.3) is 0 Å². The van der Waals surface area contributed by atoms with Crippen molar-refractivity contribution in [3.8, 4) is 5.88 Å². The van der Waals surface area contributed by atoms with E-state index in [4.69, 9.17) is 10.5 Å². The highest BCUT2D eigenvalue weighted by atomic mass is 16.5. The maximum atomic E-state index is 6.25. The number of pyridine rings is 1. The number of para-hydroxylation sites is 1. The van der Waals surface area contributed by atoms with Gasteiger partial charge in [-0.15, -0.1) is 0 Å². The van der Waals surface area contributed by atoms with Crippen molar-refractivity contribution in [2.24, 2.45) is 5.73 Å². The number of fused-ring (bicyclic) bond motifs is 1. The molecule has 1 atom stereocenters. The van der Waals surface area contributed by atoms with E-state index in [2.05, 4.69) is 24.0 Å². The Hall–Kier alpha value is -2.39. The second kappa shape index (κ2) is 6.16. The Bertz CT molecular complexity index is 757. The van der Waals surface area contributed by atoms with Gasteiger partial charge in [0, 0.05) is 17.9 Å². The number of nitrogens with zero attached hydrogens (tertiary/aromatic N) is 1. The number of hydrogen-bond donors (Lipinski definition) is 1. The minimum absolute atomic E-state index is 0.481. The normalized spacial score (nSPS) is 13.7. The van der Waals surface area contributed by atoms with Gasteiger partial charge >= 0.3 is 0 Å². The molecule has 2 aromatic carbocycles. The first-order valence-corrected chi connectivity index (χ1v) is 7.52. The Labute approximate surface area is 130 Å². The van der Waals surface area contributed by atoms with Crippen LogP contribution in [0.2, 0.25) is 0 Å². The van der Waals surface area contributed by atoms with Crippen molar-refractivity contribution in [3.63, 3.8) is 0 Å². The van der Waals surface area contributed by atoms with E-state index >= 15 is 0 Å². The third-order valence-electron chi connectivity index (χ3n) is 3.91. The Balaban J connectivity index is 1.95. The van der Waals surface area contributed by atoms with Crippen molar-refractivity contribution in [2.45, 2.75) is 18.9 Å². The van der Waals surface area contributed by atoms with Crippen LogP contribution in [0.15, 0.2) is 66.7 Å². The van der Waals surface area contributed by atoms with Crippen molar-refractivity contribution >= 4 is 10.9 Å². The van der Waals surface area contributed by atoms with Crippen molar-refractivity contribution < 1.29 is 4.74 Å². The Kier molecular flexibility index (Phi) is 4.07. The summed E-state index contributed by atoms with van der Waals surface area (Å²) in [5.74, 6) is 0.624. The van der Waals surface area contributed by atoms with Crippen LogP contribution in [0.3, 0.4) is 0 Å². The van der Waals surface area contributed by atoms with Crippen molar-refractivity contribution in [3.05, 3.63) is 72.3 Å². The maximum Gasteiger partial charge on any atom is 0.214 e. The van der Waals surface area contributed by atoms with Gasteiger partial charge in [-0.3, -0.25) is 0 Å². The monoisotopic (exact) mass is 292 g/mol. The van der Waals surface area contributed by atoms with Gasteiger partial charge < -0.3 is 10.5 Å². The molecule has 0 fully saturated rings. The summed E-state index contributed by atoms with van der Waals surface area (Å²) in [4.78, 5) is 4.60. The summed E-state index contributed by atoms with van der Waals surface area (Å²) >= 11 is 0. The molecule has 0 aliphatic heterocycles. The van der Waals surface area contributed by atoms with Crippen LogP contribution in [-0.4, -0.2) is 11.5 Å². The fourth-order valence-corrected chi connectivity index (χ4v) is 2.66. The van der Waals surface area contributed by atoms with E-state index in [-0.39, 0.29) is 0 Å². The zero-order valence-corrected chi connectivity index (χ0v) is 12.7. The van der Waals surface area contributed by atoms with E-state index < -0.39 is 5.60 Å². The fourth-order valence-electron chi connectivity index (χ4n) is 2.66. The third kappa shape index (κ3) is 2.95. The molecule has 3 rings (SSSR count). The molecular formula is C19H20N2O. The lowest BCUT2D eigenvalue weighted by molar-refractivity contribution is 0.0744. The van der Waals surface area contributed by atoms with Gasteiger partial charge in [-0.2, -0.15) is 0 Å². The molecule has 1 aromatic heterocycles. The SMILES string of the molecule is CC(CCN)(Oc1ccc2ccccc2n1)c1ccccc1. The average Bonchev–Trinajstić information content (AvgIpc) is 2.56. The van der Waals surface area contributed by atoms with Crippen LogP contribution in [-0.2, 0) is 5.60 Å². The smallest absolute Gasteiger partial charge is 0.214 e. The van der Waals surface area contributed by atoms with Gasteiger partial charge in [0.1, 0.15) is 5.60 Å². The number of benzene rings is 2. The van der Waals surface area contributed by atoms with E-state index in [9.17, 15) is 0 Å². The molecule has 1 unspecified atom stereocenters. The molecule has 0 bridgehead atoms. The van der Waals surface area contributed by atoms with E-state index in [0.717, 1.165) is 22.9 Å². The first-order chi connectivity index (χ1) is 10.7. The second-order valence-corrected chi connectivity index (χ2v) is 5.58. The lowest BCUT2D eigenvalue weighted by Gasteiger charge is -2.30. The quantitative estimate of drug-likeness (QED) is 0.776. The highest BCUT2D eigenvalue weighted by molar-refractivity contribution is 5.78. The first kappa shape index (κ1) is 14.5. The predicted octanol–water partition coefficient (Wildman–Crippen LogP) is 3.88. The standard InChI is InChI=1S/C19H20N2O/c1-19(13-14-20,16-8-3-2-4-9-16)22-18-12-11-15-7-5-6-10-17(15)21-18/h2-12H,13-14,20H2,1H3. The molecule has 3 aromatic rings. The van der Waals surface area contributed by atoms with Crippen LogP contribution in [0, 0.1) is 0 Å². The fraction of sp³-hybridized carbons (Fsp3) is 0.211. The molecule has 0 saturated heterocycles. The summed E-state index contributed by atoms with van der Waals surface area (Å²) in [6.45, 7) is 2.62. The summed E-state index contributed by atoms with van der Waals surface area (Å²) in [6.07, 6.45) is 0.728. The van der Waals surface area contributed by atoms with Gasteiger partial charge in [-0.25, -0.2) is 4.98 Å². The van der Waals surface area contributed by atoms with Crippen molar-refractivity contribution in [2.75, 3.05) is 6.54 Å². The number of nitrogens with two attached hydrogens (primary N) is 1. The molecule has 112 valence electrons. The topological polar surface area (TPSA) is 48.1 Å². The summed E-state index contributed by atoms with van der Waals surface area (Å²) in [5, 5.41) is 1.11. The molecule has 0 spiro atoms. The number of hydrogen-bond acceptors (Lipinski definition) is 3. The lowest BCUT2D eigenvalue weighted by Crippen LogP contribution is -2.32. The first-order valence-electron chi connectivity index (χ1n) is 7.52. The number of aromatic nitrogens is 1. The minimum Gasteiger partial charge on any atom is -0.466 e. The highest BCUT2D eigenvalue weighted by Crippen LogP contribution is 2.30. The van der Waals surface area contributed by atoms with Crippen LogP contribution in [0.4, 0.5) is 0 Å². The Morgan fingerprint density at radius 1 is 0.955 bits per heavy atom. The average molecular weight is 292 g/mol. The summed E-state index contributed by atoms with van der Waals surface area (Å²) in [6, 6.07) is 22.1. The van der Waals surface area contributed by atoms with Crippen LogP contribution in [0.5, 0.6) is 5.88 Å². The van der Waals surface area contributed by atoms with Crippen LogP contribution in [0.25, 0.3) is 10.9 Å². The van der Waals surface area contributed by atoms with Gasteiger partial charge in [0.15, 0.2) is 0 Å². The molecule has 0 aliphatic rings. The summed E-state index contributed by atoms with van der Waals surface area (Å²) in [7, 11) is 0. The van der Waals surface area contributed by atoms with E-state index in [1.54, 1.807) is 0 Å². The van der Waals surface area contributed by atoms with E-state index in [0.29, 0.717) is 12.4 Å². The molecule has 3 heteroatoms. The highest BCUT2D eigenvalue weighted by Gasteiger charge is 2.28.